The van der Waals surface area contributed by atoms with E-state index in [0.717, 1.165) is 11.1 Å². The van der Waals surface area contributed by atoms with Crippen molar-refractivity contribution in [3.05, 3.63) is 41.2 Å². The van der Waals surface area contributed by atoms with Crippen LogP contribution in [0.1, 0.15) is 23.2 Å². The molecular weight excluding hydrogens is 304 g/mol. The van der Waals surface area contributed by atoms with Crippen LogP contribution in [0.2, 0.25) is 5.02 Å². The van der Waals surface area contributed by atoms with Crippen molar-refractivity contribution < 1.29 is 9.90 Å². The second-order valence-electron chi connectivity index (χ2n) is 5.20. The van der Waals surface area contributed by atoms with Gasteiger partial charge in [-0.1, -0.05) is 17.7 Å². The number of carbonyl (C=O) groups is 1. The van der Waals surface area contributed by atoms with Gasteiger partial charge in [0.25, 0.3) is 5.91 Å². The van der Waals surface area contributed by atoms with Gasteiger partial charge in [0.2, 0.25) is 0 Å². The zero-order valence-electron chi connectivity index (χ0n) is 11.6. The van der Waals surface area contributed by atoms with Crippen LogP contribution in [0.3, 0.4) is 0 Å². The number of halogens is 1. The van der Waals surface area contributed by atoms with Crippen molar-refractivity contribution in [2.45, 2.75) is 18.4 Å². The number of H-pyrrole nitrogens is 1. The molecule has 0 saturated heterocycles. The second-order valence-corrected chi connectivity index (χ2v) is 5.61. The Balaban J connectivity index is 1.99. The van der Waals surface area contributed by atoms with E-state index in [1.807, 2.05) is 0 Å². The number of hydrogen-bond acceptors (Lipinski definition) is 4. The van der Waals surface area contributed by atoms with E-state index in [0.29, 0.717) is 12.8 Å². The van der Waals surface area contributed by atoms with Gasteiger partial charge in [-0.2, -0.15) is 10.4 Å². The van der Waals surface area contributed by atoms with E-state index in [1.54, 1.807) is 30.6 Å². The Kier molecular flexibility index (Phi) is 3.61. The zero-order chi connectivity index (χ0) is 15.7. The highest BCUT2D eigenvalue weighted by molar-refractivity contribution is 6.34. The maximum Gasteiger partial charge on any atom is 0.258 e. The average molecular weight is 317 g/mol. The van der Waals surface area contributed by atoms with Gasteiger partial charge in [-0.25, -0.2) is 0 Å². The summed E-state index contributed by atoms with van der Waals surface area (Å²) in [5, 5.41) is 25.6. The van der Waals surface area contributed by atoms with Crippen molar-refractivity contribution in [1.29, 1.82) is 5.26 Å². The molecule has 1 heterocycles. The Hall–Kier alpha value is -2.36. The summed E-state index contributed by atoms with van der Waals surface area (Å²) in [7, 11) is 0. The molecule has 7 heteroatoms. The number of hydrogen-bond donors (Lipinski definition) is 2. The third-order valence-corrected chi connectivity index (χ3v) is 4.19. The van der Waals surface area contributed by atoms with Gasteiger partial charge in [0, 0.05) is 11.8 Å². The summed E-state index contributed by atoms with van der Waals surface area (Å²) in [5.74, 6) is -0.447. The largest absolute Gasteiger partial charge is 0.376 e. The first kappa shape index (κ1) is 14.6. The van der Waals surface area contributed by atoms with Crippen molar-refractivity contribution in [2.75, 3.05) is 6.73 Å². The summed E-state index contributed by atoms with van der Waals surface area (Å²) in [6.45, 7) is -0.515. The summed E-state index contributed by atoms with van der Waals surface area (Å²) >= 11 is 6.13. The van der Waals surface area contributed by atoms with Gasteiger partial charge in [-0.05, 0) is 30.5 Å². The van der Waals surface area contributed by atoms with E-state index in [2.05, 4.69) is 16.3 Å². The molecule has 1 fully saturated rings. The molecule has 1 aromatic heterocycles. The first-order chi connectivity index (χ1) is 10.6. The fourth-order valence-corrected chi connectivity index (χ4v) is 2.58. The number of amides is 1. The molecular formula is C15H13ClN4O2. The highest BCUT2D eigenvalue weighted by atomic mass is 35.5. The van der Waals surface area contributed by atoms with Crippen LogP contribution in [0.25, 0.3) is 11.1 Å². The minimum Gasteiger partial charge on any atom is -0.376 e. The Bertz CT molecular complexity index is 747. The average Bonchev–Trinajstić information content (AvgIpc) is 3.12. The molecule has 6 nitrogen and oxygen atoms in total. The minimum absolute atomic E-state index is 0.260. The van der Waals surface area contributed by atoms with E-state index in [4.69, 9.17) is 11.6 Å². The van der Waals surface area contributed by atoms with Gasteiger partial charge in [0.05, 0.1) is 22.9 Å². The van der Waals surface area contributed by atoms with E-state index >= 15 is 0 Å². The van der Waals surface area contributed by atoms with Crippen LogP contribution in [0.5, 0.6) is 0 Å². The fraction of sp³-hybridized carbons (Fsp3) is 0.267. The molecule has 0 unspecified atom stereocenters. The second kappa shape index (κ2) is 5.44. The Morgan fingerprint density at radius 2 is 2.27 bits per heavy atom. The highest BCUT2D eigenvalue weighted by Gasteiger charge is 2.51. The lowest BCUT2D eigenvalue weighted by Crippen LogP contribution is -2.42. The van der Waals surface area contributed by atoms with Crippen molar-refractivity contribution in [3.63, 3.8) is 0 Å². The summed E-state index contributed by atoms with van der Waals surface area (Å²) in [4.78, 5) is 13.8. The molecule has 0 bridgehead atoms. The summed E-state index contributed by atoms with van der Waals surface area (Å²) < 4.78 is 0. The molecule has 1 amide bonds. The molecule has 2 N–H and O–H groups in total. The minimum atomic E-state index is -0.902. The van der Waals surface area contributed by atoms with Gasteiger partial charge < -0.3 is 5.11 Å². The van der Waals surface area contributed by atoms with Crippen LogP contribution in [0.15, 0.2) is 30.6 Å². The van der Waals surface area contributed by atoms with Crippen molar-refractivity contribution in [3.8, 4) is 17.2 Å². The van der Waals surface area contributed by atoms with Gasteiger partial charge in [-0.15, -0.1) is 0 Å². The van der Waals surface area contributed by atoms with Crippen LogP contribution in [-0.2, 0) is 0 Å². The maximum atomic E-state index is 12.7. The summed E-state index contributed by atoms with van der Waals surface area (Å²) in [6, 6.07) is 7.15. The smallest absolute Gasteiger partial charge is 0.258 e. The lowest BCUT2D eigenvalue weighted by atomic mass is 10.0. The normalized spacial score (nSPS) is 15.1. The quantitative estimate of drug-likeness (QED) is 0.845. The third kappa shape index (κ3) is 2.34. The summed E-state index contributed by atoms with van der Waals surface area (Å²) in [5.41, 5.74) is 0.959. The molecule has 3 rings (SSSR count). The van der Waals surface area contributed by atoms with Gasteiger partial charge in [0.15, 0.2) is 0 Å². The maximum absolute atomic E-state index is 12.7. The lowest BCUT2D eigenvalue weighted by Gasteiger charge is -2.25. The number of aliphatic hydroxyl groups excluding tert-OH is 1. The Morgan fingerprint density at radius 3 is 2.82 bits per heavy atom. The molecule has 1 aromatic carbocycles. The number of benzene rings is 1. The zero-order valence-corrected chi connectivity index (χ0v) is 12.3. The summed E-state index contributed by atoms with van der Waals surface area (Å²) in [6.07, 6.45) is 4.47. The van der Waals surface area contributed by atoms with Crippen LogP contribution >= 0.6 is 11.6 Å². The van der Waals surface area contributed by atoms with Crippen LogP contribution in [0, 0.1) is 11.3 Å². The van der Waals surface area contributed by atoms with E-state index in [9.17, 15) is 15.2 Å². The number of carbonyl (C=O) groups excluding carboxylic acids is 1. The standard InChI is InChI=1S/C15H13ClN4O2/c16-13-2-1-10(11-6-18-19-7-11)5-12(13)14(22)20(9-21)15(8-17)3-4-15/h1-2,5-7,21H,3-4,9H2,(H,18,19). The number of aromatic nitrogens is 2. The number of rotatable bonds is 4. The monoisotopic (exact) mass is 316 g/mol. The Morgan fingerprint density at radius 1 is 1.50 bits per heavy atom. The van der Waals surface area contributed by atoms with E-state index < -0.39 is 18.2 Å². The van der Waals surface area contributed by atoms with Crippen LogP contribution < -0.4 is 0 Å². The molecule has 0 atom stereocenters. The number of aromatic amines is 1. The van der Waals surface area contributed by atoms with Crippen molar-refractivity contribution in [2.24, 2.45) is 0 Å². The number of nitriles is 1. The molecule has 22 heavy (non-hydrogen) atoms. The molecule has 0 aliphatic heterocycles. The molecule has 1 aliphatic carbocycles. The Labute approximate surface area is 131 Å². The first-order valence-corrected chi connectivity index (χ1v) is 7.12. The fourth-order valence-electron chi connectivity index (χ4n) is 2.38. The van der Waals surface area contributed by atoms with E-state index in [-0.39, 0.29) is 10.6 Å². The van der Waals surface area contributed by atoms with Crippen LogP contribution in [-0.4, -0.2) is 38.4 Å². The van der Waals surface area contributed by atoms with Crippen LogP contribution in [0.4, 0.5) is 0 Å². The van der Waals surface area contributed by atoms with Crippen molar-refractivity contribution in [1.82, 2.24) is 15.1 Å². The highest BCUT2D eigenvalue weighted by Crippen LogP contribution is 2.42. The lowest BCUT2D eigenvalue weighted by molar-refractivity contribution is 0.0448. The van der Waals surface area contributed by atoms with Gasteiger partial charge >= 0.3 is 0 Å². The van der Waals surface area contributed by atoms with Gasteiger partial charge in [-0.3, -0.25) is 14.8 Å². The van der Waals surface area contributed by atoms with Crippen molar-refractivity contribution >= 4 is 17.5 Å². The predicted octanol–water partition coefficient (Wildman–Crippen LogP) is 2.18. The molecule has 0 radical (unpaired) electrons. The topological polar surface area (TPSA) is 93.0 Å². The third-order valence-electron chi connectivity index (χ3n) is 3.86. The first-order valence-electron chi connectivity index (χ1n) is 6.74. The van der Waals surface area contributed by atoms with E-state index in [1.165, 1.54) is 4.90 Å². The predicted molar refractivity (Wildman–Crippen MR) is 79.9 cm³/mol. The SMILES string of the molecule is N#CC1(N(CO)C(=O)c2cc(-c3cn[nH]c3)ccc2Cl)CC1. The number of aliphatic hydroxyl groups is 1. The molecule has 112 valence electrons. The molecule has 2 aromatic rings. The molecule has 0 spiro atoms. The molecule has 1 saturated carbocycles. The number of nitrogens with one attached hydrogen (secondary N) is 1. The number of nitrogens with zero attached hydrogens (tertiary/aromatic N) is 3. The molecule has 1 aliphatic rings. The van der Waals surface area contributed by atoms with Gasteiger partial charge in [0.1, 0.15) is 12.3 Å².